The molecule has 0 aromatic heterocycles. The Hall–Kier alpha value is -3.14. The number of benzene rings is 2. The van der Waals surface area contributed by atoms with Crippen molar-refractivity contribution in [2.24, 2.45) is 0 Å². The molecule has 0 heterocycles. The number of nitriles is 1. The van der Waals surface area contributed by atoms with Gasteiger partial charge in [-0.25, -0.2) is 4.39 Å². The van der Waals surface area contributed by atoms with Gasteiger partial charge in [-0.15, -0.1) is 0 Å². The summed E-state index contributed by atoms with van der Waals surface area (Å²) in [7, 11) is 1.46. The van der Waals surface area contributed by atoms with Crippen LogP contribution in [-0.2, 0) is 0 Å². The highest BCUT2D eigenvalue weighted by Crippen LogP contribution is 2.27. The Labute approximate surface area is 119 Å². The minimum absolute atomic E-state index is 0.103. The molecule has 6 nitrogen and oxygen atoms in total. The van der Waals surface area contributed by atoms with Crippen LogP contribution in [0, 0.1) is 27.3 Å². The number of nitro benzene ring substituents is 1. The molecule has 2 rings (SSSR count). The Morgan fingerprint density at radius 2 is 2.10 bits per heavy atom. The van der Waals surface area contributed by atoms with Crippen molar-refractivity contribution >= 4 is 17.1 Å². The minimum atomic E-state index is -0.644. The van der Waals surface area contributed by atoms with Gasteiger partial charge in [0.1, 0.15) is 23.2 Å². The van der Waals surface area contributed by atoms with Gasteiger partial charge in [0.2, 0.25) is 0 Å². The maximum absolute atomic E-state index is 13.7. The van der Waals surface area contributed by atoms with E-state index in [9.17, 15) is 14.5 Å². The summed E-state index contributed by atoms with van der Waals surface area (Å²) in [5, 5.41) is 22.4. The molecule has 0 radical (unpaired) electrons. The number of anilines is 2. The van der Waals surface area contributed by atoms with Crippen molar-refractivity contribution in [3.8, 4) is 11.8 Å². The summed E-state index contributed by atoms with van der Waals surface area (Å²) < 4.78 is 18.7. The highest BCUT2D eigenvalue weighted by Gasteiger charge is 2.14. The Morgan fingerprint density at radius 1 is 1.33 bits per heavy atom. The fraction of sp³-hybridized carbons (Fsp3) is 0.0714. The van der Waals surface area contributed by atoms with Gasteiger partial charge < -0.3 is 10.1 Å². The van der Waals surface area contributed by atoms with Crippen molar-refractivity contribution in [3.05, 3.63) is 57.9 Å². The first-order valence-electron chi connectivity index (χ1n) is 5.84. The first-order valence-corrected chi connectivity index (χ1v) is 5.84. The third-order valence-electron chi connectivity index (χ3n) is 2.77. The summed E-state index contributed by atoms with van der Waals surface area (Å²) >= 11 is 0. The van der Waals surface area contributed by atoms with E-state index in [-0.39, 0.29) is 16.9 Å². The van der Waals surface area contributed by atoms with E-state index < -0.39 is 10.7 Å². The summed E-state index contributed by atoms with van der Waals surface area (Å²) in [6.07, 6.45) is 0. The minimum Gasteiger partial charge on any atom is -0.497 e. The lowest BCUT2D eigenvalue weighted by molar-refractivity contribution is -0.385. The van der Waals surface area contributed by atoms with Gasteiger partial charge in [0, 0.05) is 17.8 Å². The van der Waals surface area contributed by atoms with Crippen LogP contribution >= 0.6 is 0 Å². The molecule has 0 amide bonds. The van der Waals surface area contributed by atoms with Crippen molar-refractivity contribution in [2.45, 2.75) is 0 Å². The number of halogens is 1. The average Bonchev–Trinajstić information content (AvgIpc) is 2.49. The third kappa shape index (κ3) is 3.06. The molecule has 0 fully saturated rings. The van der Waals surface area contributed by atoms with Gasteiger partial charge >= 0.3 is 0 Å². The summed E-state index contributed by atoms with van der Waals surface area (Å²) in [4.78, 5) is 10.1. The van der Waals surface area contributed by atoms with Crippen LogP contribution in [0.15, 0.2) is 36.4 Å². The van der Waals surface area contributed by atoms with Gasteiger partial charge in [-0.1, -0.05) is 0 Å². The number of hydrogen-bond acceptors (Lipinski definition) is 5. The zero-order chi connectivity index (χ0) is 15.4. The number of ether oxygens (including phenoxy) is 1. The van der Waals surface area contributed by atoms with Crippen LogP contribution in [0.2, 0.25) is 0 Å². The second-order valence-corrected chi connectivity index (χ2v) is 4.07. The van der Waals surface area contributed by atoms with Gasteiger partial charge in [-0.2, -0.15) is 5.26 Å². The van der Waals surface area contributed by atoms with E-state index in [2.05, 4.69) is 5.32 Å². The van der Waals surface area contributed by atoms with Crippen molar-refractivity contribution in [3.63, 3.8) is 0 Å². The molecule has 0 saturated heterocycles. The van der Waals surface area contributed by atoms with Gasteiger partial charge in [0.05, 0.1) is 17.7 Å². The Morgan fingerprint density at radius 3 is 2.71 bits per heavy atom. The summed E-state index contributed by atoms with van der Waals surface area (Å²) in [6, 6.07) is 9.77. The van der Waals surface area contributed by atoms with Crippen molar-refractivity contribution in [2.75, 3.05) is 12.4 Å². The number of hydrogen-bond donors (Lipinski definition) is 1. The van der Waals surface area contributed by atoms with Crippen LogP contribution in [0.3, 0.4) is 0 Å². The molecule has 21 heavy (non-hydrogen) atoms. The Kier molecular flexibility index (Phi) is 4.00. The first kappa shape index (κ1) is 14.3. The maximum Gasteiger partial charge on any atom is 0.287 e. The summed E-state index contributed by atoms with van der Waals surface area (Å²) in [5.41, 5.74) is 0.110. The molecular weight excluding hydrogens is 277 g/mol. The summed E-state index contributed by atoms with van der Waals surface area (Å²) in [5.74, 6) is -0.0472. The van der Waals surface area contributed by atoms with Crippen molar-refractivity contribution in [1.82, 2.24) is 0 Å². The van der Waals surface area contributed by atoms with E-state index >= 15 is 0 Å². The van der Waals surface area contributed by atoms with E-state index in [4.69, 9.17) is 10.00 Å². The number of methoxy groups -OCH3 is 1. The highest BCUT2D eigenvalue weighted by atomic mass is 19.1. The number of nitrogens with zero attached hydrogens (tertiary/aromatic N) is 2. The molecule has 2 aromatic carbocycles. The van der Waals surface area contributed by atoms with Crippen LogP contribution in [0.5, 0.6) is 5.75 Å². The number of nitrogens with one attached hydrogen (secondary N) is 1. The van der Waals surface area contributed by atoms with Gasteiger partial charge in [-0.05, 0) is 24.3 Å². The normalized spacial score (nSPS) is 9.76. The first-order chi connectivity index (χ1) is 10.0. The number of nitro groups is 1. The van der Waals surface area contributed by atoms with E-state index in [1.165, 1.54) is 43.5 Å². The molecule has 2 aromatic rings. The maximum atomic E-state index is 13.7. The van der Waals surface area contributed by atoms with Gasteiger partial charge in [0.25, 0.3) is 5.69 Å². The lowest BCUT2D eigenvalue weighted by atomic mass is 10.1. The standard InChI is InChI=1S/C14H10FN3O3/c1-21-11-3-4-12(15)13(7-11)17-10-2-5-14(18(19)20)9(6-10)8-16/h2-7,17H,1H3. The molecule has 0 unspecified atom stereocenters. The lowest BCUT2D eigenvalue weighted by Crippen LogP contribution is -1.97. The van der Waals surface area contributed by atoms with E-state index in [0.29, 0.717) is 11.4 Å². The second-order valence-electron chi connectivity index (χ2n) is 4.07. The predicted octanol–water partition coefficient (Wildman–Crippen LogP) is 3.36. The quantitative estimate of drug-likeness (QED) is 0.688. The molecule has 106 valence electrons. The smallest absolute Gasteiger partial charge is 0.287 e. The van der Waals surface area contributed by atoms with E-state index in [1.807, 2.05) is 0 Å². The van der Waals surface area contributed by atoms with Crippen LogP contribution in [0.4, 0.5) is 21.5 Å². The number of rotatable bonds is 4. The molecule has 0 aliphatic carbocycles. The molecule has 0 atom stereocenters. The lowest BCUT2D eigenvalue weighted by Gasteiger charge is -2.09. The average molecular weight is 287 g/mol. The van der Waals surface area contributed by atoms with Crippen LogP contribution in [-0.4, -0.2) is 12.0 Å². The topological polar surface area (TPSA) is 88.2 Å². The molecule has 0 aliphatic heterocycles. The second kappa shape index (κ2) is 5.88. The monoisotopic (exact) mass is 287 g/mol. The molecule has 0 spiro atoms. The highest BCUT2D eigenvalue weighted by molar-refractivity contribution is 5.66. The fourth-order valence-corrected chi connectivity index (χ4v) is 1.75. The Balaban J connectivity index is 2.37. The van der Waals surface area contributed by atoms with Crippen molar-refractivity contribution < 1.29 is 14.1 Å². The zero-order valence-electron chi connectivity index (χ0n) is 11.0. The van der Waals surface area contributed by atoms with Crippen molar-refractivity contribution in [1.29, 1.82) is 5.26 Å². The van der Waals surface area contributed by atoms with Gasteiger partial charge in [-0.3, -0.25) is 10.1 Å². The summed E-state index contributed by atoms with van der Waals surface area (Å²) in [6.45, 7) is 0. The Bertz CT molecular complexity index is 741. The molecule has 1 N–H and O–H groups in total. The molecule has 0 aliphatic rings. The van der Waals surface area contributed by atoms with Crippen LogP contribution in [0.25, 0.3) is 0 Å². The van der Waals surface area contributed by atoms with Crippen LogP contribution < -0.4 is 10.1 Å². The largest absolute Gasteiger partial charge is 0.497 e. The molecule has 7 heteroatoms. The zero-order valence-corrected chi connectivity index (χ0v) is 11.0. The third-order valence-corrected chi connectivity index (χ3v) is 2.77. The van der Waals surface area contributed by atoms with E-state index in [0.717, 1.165) is 0 Å². The predicted molar refractivity (Wildman–Crippen MR) is 74.0 cm³/mol. The molecule has 0 bridgehead atoms. The molecule has 0 saturated carbocycles. The SMILES string of the molecule is COc1ccc(F)c(Nc2ccc([N+](=O)[O-])c(C#N)c2)c1. The van der Waals surface area contributed by atoms with E-state index in [1.54, 1.807) is 6.07 Å². The van der Waals surface area contributed by atoms with Gasteiger partial charge in [0.15, 0.2) is 0 Å². The fourth-order valence-electron chi connectivity index (χ4n) is 1.75. The van der Waals surface area contributed by atoms with Crippen LogP contribution in [0.1, 0.15) is 5.56 Å². The molecular formula is C14H10FN3O3.